The number of aromatic nitrogens is 2. The number of ketones is 1. The van der Waals surface area contributed by atoms with E-state index in [4.69, 9.17) is 11.6 Å². The summed E-state index contributed by atoms with van der Waals surface area (Å²) >= 11 is 9.14. The Balaban J connectivity index is 2.46. The van der Waals surface area contributed by atoms with Crippen molar-refractivity contribution in [1.82, 2.24) is 9.78 Å². The SMILES string of the molecule is Cn1nccc1C(=O)c1ccc(Cl)cc1Br. The van der Waals surface area contributed by atoms with E-state index in [0.29, 0.717) is 20.8 Å². The Morgan fingerprint density at radius 3 is 2.75 bits per heavy atom. The quantitative estimate of drug-likeness (QED) is 0.799. The van der Waals surface area contributed by atoms with Crippen LogP contribution in [-0.4, -0.2) is 15.6 Å². The monoisotopic (exact) mass is 298 g/mol. The molecule has 0 bridgehead atoms. The molecule has 0 saturated heterocycles. The normalized spacial score (nSPS) is 10.4. The summed E-state index contributed by atoms with van der Waals surface area (Å²) in [5.74, 6) is -0.0801. The van der Waals surface area contributed by atoms with Gasteiger partial charge < -0.3 is 0 Å². The van der Waals surface area contributed by atoms with Crippen molar-refractivity contribution in [3.05, 3.63) is 51.2 Å². The van der Waals surface area contributed by atoms with E-state index in [0.717, 1.165) is 0 Å². The molecule has 1 heterocycles. The highest BCUT2D eigenvalue weighted by molar-refractivity contribution is 9.10. The predicted molar refractivity (Wildman–Crippen MR) is 65.8 cm³/mol. The third-order valence-electron chi connectivity index (χ3n) is 2.23. The second kappa shape index (κ2) is 4.39. The third kappa shape index (κ3) is 2.03. The van der Waals surface area contributed by atoms with Crippen LogP contribution in [0.1, 0.15) is 16.1 Å². The fourth-order valence-corrected chi connectivity index (χ4v) is 2.27. The van der Waals surface area contributed by atoms with E-state index in [1.807, 2.05) is 0 Å². The first-order valence-electron chi connectivity index (χ1n) is 4.57. The smallest absolute Gasteiger partial charge is 0.212 e. The van der Waals surface area contributed by atoms with Crippen molar-refractivity contribution in [1.29, 1.82) is 0 Å². The minimum absolute atomic E-state index is 0.0801. The molecule has 0 saturated carbocycles. The second-order valence-electron chi connectivity index (χ2n) is 3.29. The summed E-state index contributed by atoms with van der Waals surface area (Å²) in [4.78, 5) is 12.1. The van der Waals surface area contributed by atoms with Gasteiger partial charge in [0.05, 0.1) is 0 Å². The molecule has 0 radical (unpaired) electrons. The van der Waals surface area contributed by atoms with Crippen LogP contribution in [0.25, 0.3) is 0 Å². The highest BCUT2D eigenvalue weighted by Crippen LogP contribution is 2.23. The third-order valence-corrected chi connectivity index (χ3v) is 3.12. The van der Waals surface area contributed by atoms with E-state index in [1.54, 1.807) is 42.2 Å². The van der Waals surface area contributed by atoms with Gasteiger partial charge >= 0.3 is 0 Å². The van der Waals surface area contributed by atoms with Gasteiger partial charge in [-0.2, -0.15) is 5.10 Å². The molecule has 0 N–H and O–H groups in total. The van der Waals surface area contributed by atoms with Crippen molar-refractivity contribution in [3.63, 3.8) is 0 Å². The first kappa shape index (κ1) is 11.4. The number of halogens is 2. The van der Waals surface area contributed by atoms with Crippen LogP contribution < -0.4 is 0 Å². The zero-order chi connectivity index (χ0) is 11.7. The van der Waals surface area contributed by atoms with E-state index < -0.39 is 0 Å². The van der Waals surface area contributed by atoms with Gasteiger partial charge in [-0.25, -0.2) is 0 Å². The number of nitrogens with zero attached hydrogens (tertiary/aromatic N) is 2. The Kier molecular flexibility index (Phi) is 3.12. The highest BCUT2D eigenvalue weighted by atomic mass is 79.9. The van der Waals surface area contributed by atoms with Crippen molar-refractivity contribution in [2.75, 3.05) is 0 Å². The largest absolute Gasteiger partial charge is 0.287 e. The summed E-state index contributed by atoms with van der Waals surface area (Å²) in [6, 6.07) is 6.77. The Morgan fingerprint density at radius 2 is 2.19 bits per heavy atom. The molecule has 0 unspecified atom stereocenters. The molecule has 0 atom stereocenters. The first-order chi connectivity index (χ1) is 7.59. The van der Waals surface area contributed by atoms with Gasteiger partial charge in [-0.15, -0.1) is 0 Å². The molecule has 0 spiro atoms. The van der Waals surface area contributed by atoms with Crippen molar-refractivity contribution < 1.29 is 4.79 Å². The molecule has 0 aliphatic carbocycles. The average molecular weight is 300 g/mol. The maximum Gasteiger partial charge on any atom is 0.212 e. The van der Waals surface area contributed by atoms with Crippen LogP contribution in [0.5, 0.6) is 0 Å². The lowest BCUT2D eigenvalue weighted by Gasteiger charge is -2.04. The fraction of sp³-hybridized carbons (Fsp3) is 0.0909. The maximum absolute atomic E-state index is 12.1. The molecular weight excluding hydrogens is 291 g/mol. The van der Waals surface area contributed by atoms with Crippen molar-refractivity contribution >= 4 is 33.3 Å². The standard InChI is InChI=1S/C11H8BrClN2O/c1-15-10(4-5-14-15)11(16)8-3-2-7(13)6-9(8)12/h2-6H,1H3. The van der Waals surface area contributed by atoms with Crippen LogP contribution in [-0.2, 0) is 7.05 Å². The van der Waals surface area contributed by atoms with Gasteiger partial charge in [0.1, 0.15) is 5.69 Å². The molecule has 2 aromatic rings. The van der Waals surface area contributed by atoms with E-state index >= 15 is 0 Å². The maximum atomic E-state index is 12.1. The molecule has 3 nitrogen and oxygen atoms in total. The number of aryl methyl sites for hydroxylation is 1. The Hall–Kier alpha value is -1.13. The lowest BCUT2D eigenvalue weighted by molar-refractivity contribution is 0.102. The average Bonchev–Trinajstić information content (AvgIpc) is 2.63. The van der Waals surface area contributed by atoms with E-state index in [9.17, 15) is 4.79 Å². The van der Waals surface area contributed by atoms with Crippen LogP contribution in [0.3, 0.4) is 0 Å². The molecule has 1 aromatic heterocycles. The molecular formula is C11H8BrClN2O. The lowest BCUT2D eigenvalue weighted by atomic mass is 10.1. The zero-order valence-electron chi connectivity index (χ0n) is 8.45. The van der Waals surface area contributed by atoms with E-state index in [-0.39, 0.29) is 5.78 Å². The van der Waals surface area contributed by atoms with Crippen LogP contribution in [0, 0.1) is 0 Å². The molecule has 1 aromatic carbocycles. The zero-order valence-corrected chi connectivity index (χ0v) is 10.8. The van der Waals surface area contributed by atoms with Gasteiger partial charge in [-0.1, -0.05) is 11.6 Å². The molecule has 0 aliphatic heterocycles. The summed E-state index contributed by atoms with van der Waals surface area (Å²) in [6.45, 7) is 0. The lowest BCUT2D eigenvalue weighted by Crippen LogP contribution is -2.08. The number of hydrogen-bond acceptors (Lipinski definition) is 2. The number of hydrogen-bond donors (Lipinski definition) is 0. The van der Waals surface area contributed by atoms with Crippen molar-refractivity contribution in [3.8, 4) is 0 Å². The number of carbonyl (C=O) groups excluding carboxylic acids is 1. The summed E-state index contributed by atoms with van der Waals surface area (Å²) in [5, 5.41) is 4.56. The van der Waals surface area contributed by atoms with Gasteiger partial charge in [0.15, 0.2) is 0 Å². The highest BCUT2D eigenvalue weighted by Gasteiger charge is 2.15. The summed E-state index contributed by atoms with van der Waals surface area (Å²) in [6.07, 6.45) is 1.59. The van der Waals surface area contributed by atoms with Crippen LogP contribution in [0.4, 0.5) is 0 Å². The molecule has 0 aliphatic rings. The summed E-state index contributed by atoms with van der Waals surface area (Å²) in [5.41, 5.74) is 1.12. The van der Waals surface area contributed by atoms with Gasteiger partial charge in [-0.3, -0.25) is 9.48 Å². The topological polar surface area (TPSA) is 34.9 Å². The molecule has 5 heteroatoms. The van der Waals surface area contributed by atoms with Gasteiger partial charge in [-0.05, 0) is 40.2 Å². The van der Waals surface area contributed by atoms with Gasteiger partial charge in [0.2, 0.25) is 5.78 Å². The molecule has 0 fully saturated rings. The summed E-state index contributed by atoms with van der Waals surface area (Å²) < 4.78 is 2.23. The summed E-state index contributed by atoms with van der Waals surface area (Å²) in [7, 11) is 1.73. The van der Waals surface area contributed by atoms with Gasteiger partial charge in [0, 0.05) is 28.3 Å². The molecule has 2 rings (SSSR count). The molecule has 82 valence electrons. The van der Waals surface area contributed by atoms with Crippen LogP contribution in [0.15, 0.2) is 34.9 Å². The molecule has 0 amide bonds. The van der Waals surface area contributed by atoms with Gasteiger partial charge in [0.25, 0.3) is 0 Å². The van der Waals surface area contributed by atoms with Crippen molar-refractivity contribution in [2.24, 2.45) is 7.05 Å². The minimum atomic E-state index is -0.0801. The predicted octanol–water partition coefficient (Wildman–Crippen LogP) is 3.07. The van der Waals surface area contributed by atoms with Crippen LogP contribution in [0.2, 0.25) is 5.02 Å². The second-order valence-corrected chi connectivity index (χ2v) is 4.58. The number of benzene rings is 1. The Labute approximate surface area is 106 Å². The number of rotatable bonds is 2. The number of carbonyl (C=O) groups is 1. The molecule has 16 heavy (non-hydrogen) atoms. The Bertz CT molecular complexity index is 551. The van der Waals surface area contributed by atoms with E-state index in [1.165, 1.54) is 0 Å². The van der Waals surface area contributed by atoms with E-state index in [2.05, 4.69) is 21.0 Å². The minimum Gasteiger partial charge on any atom is -0.287 e. The fourth-order valence-electron chi connectivity index (χ4n) is 1.41. The van der Waals surface area contributed by atoms with Crippen molar-refractivity contribution in [2.45, 2.75) is 0 Å². The van der Waals surface area contributed by atoms with Crippen LogP contribution >= 0.6 is 27.5 Å². The Morgan fingerprint density at radius 1 is 1.44 bits per heavy atom. The first-order valence-corrected chi connectivity index (χ1v) is 5.74.